The van der Waals surface area contributed by atoms with Crippen molar-refractivity contribution in [3.05, 3.63) is 28.8 Å². The van der Waals surface area contributed by atoms with Gasteiger partial charge in [0.15, 0.2) is 0 Å². The minimum absolute atomic E-state index is 0.0314. The van der Waals surface area contributed by atoms with Crippen LogP contribution in [0.1, 0.15) is 50.3 Å². The van der Waals surface area contributed by atoms with E-state index in [1.54, 1.807) is 0 Å². The first kappa shape index (κ1) is 15.0. The van der Waals surface area contributed by atoms with Crippen LogP contribution in [0, 0.1) is 13.8 Å². The summed E-state index contributed by atoms with van der Waals surface area (Å²) >= 11 is 0. The van der Waals surface area contributed by atoms with Gasteiger partial charge in [0.1, 0.15) is 0 Å². The maximum Gasteiger partial charge on any atom is 0.241 e. The van der Waals surface area contributed by atoms with Crippen molar-refractivity contribution >= 4 is 11.6 Å². The standard InChI is InChI=1S/C17H26N2O/c1-11-9-13(17(3,4)5)10-12(2)15(11)19-16(20)14-7-6-8-18-14/h9-10,14,18H,6-8H2,1-5H3,(H,19,20). The molecule has 2 N–H and O–H groups in total. The van der Waals surface area contributed by atoms with Crippen molar-refractivity contribution in [3.63, 3.8) is 0 Å². The van der Waals surface area contributed by atoms with Crippen LogP contribution in [-0.4, -0.2) is 18.5 Å². The lowest BCUT2D eigenvalue weighted by Crippen LogP contribution is -2.35. The molecule has 0 radical (unpaired) electrons. The Morgan fingerprint density at radius 2 is 1.85 bits per heavy atom. The molecule has 3 nitrogen and oxygen atoms in total. The SMILES string of the molecule is Cc1cc(C(C)(C)C)cc(C)c1NC(=O)C1CCCN1. The van der Waals surface area contributed by atoms with Crippen molar-refractivity contribution in [2.75, 3.05) is 11.9 Å². The summed E-state index contributed by atoms with van der Waals surface area (Å²) < 4.78 is 0. The first-order chi connectivity index (χ1) is 9.29. The molecule has 1 amide bonds. The van der Waals surface area contributed by atoms with Crippen LogP contribution in [0.5, 0.6) is 0 Å². The average Bonchev–Trinajstić information content (AvgIpc) is 2.85. The van der Waals surface area contributed by atoms with Crippen LogP contribution in [0.15, 0.2) is 12.1 Å². The number of aryl methyl sites for hydroxylation is 2. The minimum Gasteiger partial charge on any atom is -0.324 e. The Kier molecular flexibility index (Phi) is 4.19. The van der Waals surface area contributed by atoms with Crippen LogP contribution in [0.25, 0.3) is 0 Å². The molecule has 1 aromatic rings. The predicted octanol–water partition coefficient (Wildman–Crippen LogP) is 3.29. The Morgan fingerprint density at radius 3 is 2.30 bits per heavy atom. The van der Waals surface area contributed by atoms with E-state index in [0.717, 1.165) is 36.2 Å². The smallest absolute Gasteiger partial charge is 0.241 e. The Hall–Kier alpha value is -1.35. The van der Waals surface area contributed by atoms with Crippen molar-refractivity contribution in [3.8, 4) is 0 Å². The van der Waals surface area contributed by atoms with Gasteiger partial charge in [0.05, 0.1) is 6.04 Å². The van der Waals surface area contributed by atoms with E-state index < -0.39 is 0 Å². The third kappa shape index (κ3) is 3.21. The van der Waals surface area contributed by atoms with Crippen molar-refractivity contribution in [2.24, 2.45) is 0 Å². The van der Waals surface area contributed by atoms with Crippen LogP contribution in [0.2, 0.25) is 0 Å². The molecule has 1 aliphatic rings. The number of hydrogen-bond donors (Lipinski definition) is 2. The van der Waals surface area contributed by atoms with Crippen molar-refractivity contribution in [2.45, 2.75) is 58.9 Å². The van der Waals surface area contributed by atoms with E-state index in [1.165, 1.54) is 5.56 Å². The highest BCUT2D eigenvalue weighted by molar-refractivity contribution is 5.96. The first-order valence-electron chi connectivity index (χ1n) is 7.45. The molecular formula is C17H26N2O. The first-order valence-corrected chi connectivity index (χ1v) is 7.45. The van der Waals surface area contributed by atoms with Crippen LogP contribution in [0.3, 0.4) is 0 Å². The van der Waals surface area contributed by atoms with Gasteiger partial charge in [-0.15, -0.1) is 0 Å². The molecule has 1 heterocycles. The zero-order valence-corrected chi connectivity index (χ0v) is 13.3. The Labute approximate surface area is 122 Å². The number of amides is 1. The zero-order chi connectivity index (χ0) is 14.9. The normalized spacial score (nSPS) is 19.1. The summed E-state index contributed by atoms with van der Waals surface area (Å²) in [6.45, 7) is 11.7. The minimum atomic E-state index is -0.0314. The summed E-state index contributed by atoms with van der Waals surface area (Å²) in [7, 11) is 0. The lowest BCUT2D eigenvalue weighted by molar-refractivity contribution is -0.117. The van der Waals surface area contributed by atoms with Crippen LogP contribution >= 0.6 is 0 Å². The van der Waals surface area contributed by atoms with Gasteiger partial charge in [-0.3, -0.25) is 4.79 Å². The second-order valence-electron chi connectivity index (χ2n) is 6.87. The van der Waals surface area contributed by atoms with Crippen LogP contribution < -0.4 is 10.6 Å². The monoisotopic (exact) mass is 274 g/mol. The average molecular weight is 274 g/mol. The van der Waals surface area contributed by atoms with E-state index in [1.807, 2.05) is 0 Å². The fraction of sp³-hybridized carbons (Fsp3) is 0.588. The van der Waals surface area contributed by atoms with Gasteiger partial charge in [-0.1, -0.05) is 32.9 Å². The van der Waals surface area contributed by atoms with E-state index in [-0.39, 0.29) is 17.4 Å². The van der Waals surface area contributed by atoms with Gasteiger partial charge in [-0.2, -0.15) is 0 Å². The molecule has 1 saturated heterocycles. The molecule has 0 spiro atoms. The van der Waals surface area contributed by atoms with E-state index in [9.17, 15) is 4.79 Å². The zero-order valence-electron chi connectivity index (χ0n) is 13.3. The van der Waals surface area contributed by atoms with Gasteiger partial charge < -0.3 is 10.6 Å². The highest BCUT2D eigenvalue weighted by atomic mass is 16.2. The molecule has 1 unspecified atom stereocenters. The molecule has 1 atom stereocenters. The highest BCUT2D eigenvalue weighted by Gasteiger charge is 2.23. The third-order valence-corrected chi connectivity index (χ3v) is 4.02. The van der Waals surface area contributed by atoms with E-state index >= 15 is 0 Å². The molecule has 0 bridgehead atoms. The molecular weight excluding hydrogens is 248 g/mol. The van der Waals surface area contributed by atoms with Crippen LogP contribution in [-0.2, 0) is 10.2 Å². The largest absolute Gasteiger partial charge is 0.324 e. The Balaban J connectivity index is 2.22. The van der Waals surface area contributed by atoms with Crippen molar-refractivity contribution < 1.29 is 4.79 Å². The van der Waals surface area contributed by atoms with Gasteiger partial charge in [0.25, 0.3) is 0 Å². The topological polar surface area (TPSA) is 41.1 Å². The lowest BCUT2D eigenvalue weighted by Gasteiger charge is -2.23. The number of carbonyl (C=O) groups excluding carboxylic acids is 1. The molecule has 110 valence electrons. The van der Waals surface area contributed by atoms with Gasteiger partial charge in [0, 0.05) is 5.69 Å². The van der Waals surface area contributed by atoms with Gasteiger partial charge >= 0.3 is 0 Å². The summed E-state index contributed by atoms with van der Waals surface area (Å²) in [5.74, 6) is 0.0946. The van der Waals surface area contributed by atoms with Gasteiger partial charge in [-0.05, 0) is 55.3 Å². The summed E-state index contributed by atoms with van der Waals surface area (Å²) in [6.07, 6.45) is 2.02. The quantitative estimate of drug-likeness (QED) is 0.869. The Morgan fingerprint density at radius 1 is 1.25 bits per heavy atom. The molecule has 20 heavy (non-hydrogen) atoms. The second-order valence-corrected chi connectivity index (χ2v) is 6.87. The van der Waals surface area contributed by atoms with E-state index in [2.05, 4.69) is 57.4 Å². The van der Waals surface area contributed by atoms with Crippen LogP contribution in [0.4, 0.5) is 5.69 Å². The van der Waals surface area contributed by atoms with E-state index in [0.29, 0.717) is 0 Å². The maximum atomic E-state index is 12.2. The number of benzene rings is 1. The van der Waals surface area contributed by atoms with Gasteiger partial charge in [0.2, 0.25) is 5.91 Å². The Bertz CT molecular complexity index is 485. The lowest BCUT2D eigenvalue weighted by atomic mass is 9.85. The highest BCUT2D eigenvalue weighted by Crippen LogP contribution is 2.29. The number of rotatable bonds is 2. The van der Waals surface area contributed by atoms with Gasteiger partial charge in [-0.25, -0.2) is 0 Å². The number of hydrogen-bond acceptors (Lipinski definition) is 2. The fourth-order valence-corrected chi connectivity index (χ4v) is 2.71. The summed E-state index contributed by atoms with van der Waals surface area (Å²) in [6, 6.07) is 4.34. The number of nitrogens with one attached hydrogen (secondary N) is 2. The second kappa shape index (κ2) is 5.57. The van der Waals surface area contributed by atoms with Crippen molar-refractivity contribution in [1.82, 2.24) is 5.32 Å². The third-order valence-electron chi connectivity index (χ3n) is 4.02. The molecule has 3 heteroatoms. The fourth-order valence-electron chi connectivity index (χ4n) is 2.71. The molecule has 0 aliphatic carbocycles. The van der Waals surface area contributed by atoms with Crippen molar-refractivity contribution in [1.29, 1.82) is 0 Å². The van der Waals surface area contributed by atoms with E-state index in [4.69, 9.17) is 0 Å². The predicted molar refractivity (Wildman–Crippen MR) is 84.3 cm³/mol. The maximum absolute atomic E-state index is 12.2. The summed E-state index contributed by atoms with van der Waals surface area (Å²) in [5.41, 5.74) is 4.69. The number of anilines is 1. The molecule has 0 aromatic heterocycles. The molecule has 2 rings (SSSR count). The summed E-state index contributed by atoms with van der Waals surface area (Å²) in [4.78, 5) is 12.2. The molecule has 1 fully saturated rings. The molecule has 0 saturated carbocycles. The summed E-state index contributed by atoms with van der Waals surface area (Å²) in [5, 5.41) is 6.34. The molecule has 1 aromatic carbocycles. The molecule has 1 aliphatic heterocycles. The number of carbonyl (C=O) groups is 1.